The summed E-state index contributed by atoms with van der Waals surface area (Å²) in [6.45, 7) is 0.583. The van der Waals surface area contributed by atoms with Crippen LogP contribution in [0.4, 0.5) is 13.2 Å². The van der Waals surface area contributed by atoms with Crippen LogP contribution in [-0.2, 0) is 11.3 Å². The number of carboxylic acid groups (broad SMARTS) is 1. The predicted octanol–water partition coefficient (Wildman–Crippen LogP) is 4.03. The fourth-order valence-electron chi connectivity index (χ4n) is 2.62. The Hall–Kier alpha value is -1.21. The van der Waals surface area contributed by atoms with Gasteiger partial charge in [-0.2, -0.15) is 13.2 Å². The Morgan fingerprint density at radius 3 is 2.27 bits per heavy atom. The molecule has 0 amide bonds. The lowest BCUT2D eigenvalue weighted by Gasteiger charge is -2.27. The van der Waals surface area contributed by atoms with Gasteiger partial charge in [-0.05, 0) is 55.1 Å². The predicted molar refractivity (Wildman–Crippen MR) is 78.6 cm³/mol. The largest absolute Gasteiger partial charge is 0.481 e. The van der Waals surface area contributed by atoms with Crippen molar-refractivity contribution in [2.45, 2.75) is 48.7 Å². The maximum absolute atomic E-state index is 12.2. The molecule has 1 fully saturated rings. The van der Waals surface area contributed by atoms with Crippen LogP contribution >= 0.6 is 11.8 Å². The number of aliphatic carboxylic acids is 1. The Bertz CT molecular complexity index is 497. The van der Waals surface area contributed by atoms with E-state index >= 15 is 0 Å². The van der Waals surface area contributed by atoms with E-state index in [1.807, 2.05) is 0 Å². The SMILES string of the molecule is O=C(O)C1CCC(NCc2ccc(SC(F)(F)F)cc2)CC1. The summed E-state index contributed by atoms with van der Waals surface area (Å²) in [6.07, 6.45) is 2.99. The van der Waals surface area contributed by atoms with Crippen molar-refractivity contribution in [2.24, 2.45) is 5.92 Å². The van der Waals surface area contributed by atoms with Gasteiger partial charge in [0.1, 0.15) is 0 Å². The van der Waals surface area contributed by atoms with Crippen molar-refractivity contribution >= 4 is 17.7 Å². The van der Waals surface area contributed by atoms with Crippen LogP contribution in [0.1, 0.15) is 31.2 Å². The number of hydrogen-bond acceptors (Lipinski definition) is 3. The highest BCUT2D eigenvalue weighted by Crippen LogP contribution is 2.36. The number of thioether (sulfide) groups is 1. The van der Waals surface area contributed by atoms with Gasteiger partial charge < -0.3 is 10.4 Å². The molecule has 3 nitrogen and oxygen atoms in total. The van der Waals surface area contributed by atoms with Crippen LogP contribution < -0.4 is 5.32 Å². The van der Waals surface area contributed by atoms with Crippen LogP contribution in [0.25, 0.3) is 0 Å². The molecule has 0 unspecified atom stereocenters. The molecule has 0 radical (unpaired) electrons. The van der Waals surface area contributed by atoms with Crippen LogP contribution in [0.3, 0.4) is 0 Å². The average Bonchev–Trinajstić information content (AvgIpc) is 2.45. The molecule has 1 aliphatic rings. The minimum absolute atomic E-state index is 0.117. The molecule has 1 aromatic carbocycles. The maximum atomic E-state index is 12.2. The maximum Gasteiger partial charge on any atom is 0.446 e. The summed E-state index contributed by atoms with van der Waals surface area (Å²) in [5, 5.41) is 12.3. The van der Waals surface area contributed by atoms with Crippen LogP contribution in [0.15, 0.2) is 29.2 Å². The van der Waals surface area contributed by atoms with Gasteiger partial charge in [-0.3, -0.25) is 4.79 Å². The van der Waals surface area contributed by atoms with Crippen molar-refractivity contribution < 1.29 is 23.1 Å². The van der Waals surface area contributed by atoms with Crippen LogP contribution in [-0.4, -0.2) is 22.6 Å². The van der Waals surface area contributed by atoms with Crippen molar-refractivity contribution in [1.82, 2.24) is 5.32 Å². The first kappa shape index (κ1) is 17.1. The van der Waals surface area contributed by atoms with E-state index in [0.29, 0.717) is 19.4 Å². The van der Waals surface area contributed by atoms with Gasteiger partial charge in [0.2, 0.25) is 0 Å². The summed E-state index contributed by atoms with van der Waals surface area (Å²) < 4.78 is 36.7. The number of rotatable bonds is 5. The van der Waals surface area contributed by atoms with Crippen LogP contribution in [0.5, 0.6) is 0 Å². The highest BCUT2D eigenvalue weighted by molar-refractivity contribution is 8.00. The zero-order valence-electron chi connectivity index (χ0n) is 11.9. The number of benzene rings is 1. The molecule has 0 saturated heterocycles. The number of nitrogens with one attached hydrogen (secondary N) is 1. The molecule has 2 rings (SSSR count). The van der Waals surface area contributed by atoms with Crippen molar-refractivity contribution in [3.05, 3.63) is 29.8 Å². The molecule has 122 valence electrons. The minimum atomic E-state index is -4.26. The monoisotopic (exact) mass is 333 g/mol. The normalized spacial score (nSPS) is 22.5. The number of halogens is 3. The van der Waals surface area contributed by atoms with Gasteiger partial charge in [-0.15, -0.1) is 0 Å². The molecular weight excluding hydrogens is 315 g/mol. The number of carboxylic acids is 1. The lowest BCUT2D eigenvalue weighted by atomic mass is 9.86. The van der Waals surface area contributed by atoms with Gasteiger partial charge in [0.15, 0.2) is 0 Å². The summed E-state index contributed by atoms with van der Waals surface area (Å²) in [5.74, 6) is -0.965. The summed E-state index contributed by atoms with van der Waals surface area (Å²) in [4.78, 5) is 11.0. The summed E-state index contributed by atoms with van der Waals surface area (Å²) >= 11 is -0.117. The van der Waals surface area contributed by atoms with E-state index in [0.717, 1.165) is 18.4 Å². The summed E-state index contributed by atoms with van der Waals surface area (Å²) in [5.41, 5.74) is -3.34. The van der Waals surface area contributed by atoms with E-state index in [4.69, 9.17) is 5.11 Å². The van der Waals surface area contributed by atoms with Gasteiger partial charge in [0, 0.05) is 17.5 Å². The van der Waals surface area contributed by atoms with Crippen molar-refractivity contribution in [3.8, 4) is 0 Å². The number of alkyl halides is 3. The van der Waals surface area contributed by atoms with Crippen LogP contribution in [0, 0.1) is 5.92 Å². The van der Waals surface area contributed by atoms with Gasteiger partial charge in [0.05, 0.1) is 5.92 Å². The molecule has 22 heavy (non-hydrogen) atoms. The molecule has 2 N–H and O–H groups in total. The fraction of sp³-hybridized carbons (Fsp3) is 0.533. The number of hydrogen-bond donors (Lipinski definition) is 2. The van der Waals surface area contributed by atoms with Gasteiger partial charge >= 0.3 is 11.5 Å². The fourth-order valence-corrected chi connectivity index (χ4v) is 3.16. The van der Waals surface area contributed by atoms with Crippen molar-refractivity contribution in [2.75, 3.05) is 0 Å². The van der Waals surface area contributed by atoms with E-state index in [1.165, 1.54) is 12.1 Å². The second-order valence-corrected chi connectivity index (χ2v) is 6.60. The van der Waals surface area contributed by atoms with Gasteiger partial charge in [0.25, 0.3) is 0 Å². The molecule has 1 aromatic rings. The second-order valence-electron chi connectivity index (χ2n) is 5.46. The average molecular weight is 333 g/mol. The molecule has 0 atom stereocenters. The molecule has 1 saturated carbocycles. The van der Waals surface area contributed by atoms with E-state index in [1.54, 1.807) is 12.1 Å². The quantitative estimate of drug-likeness (QED) is 0.799. The Labute approximate surface area is 131 Å². The molecule has 0 bridgehead atoms. The first-order valence-corrected chi connectivity index (χ1v) is 7.96. The Balaban J connectivity index is 1.77. The third kappa shape index (κ3) is 5.53. The van der Waals surface area contributed by atoms with E-state index in [2.05, 4.69) is 5.32 Å². The molecule has 0 spiro atoms. The summed E-state index contributed by atoms with van der Waals surface area (Å²) in [6, 6.07) is 6.58. The van der Waals surface area contributed by atoms with Crippen LogP contribution in [0.2, 0.25) is 0 Å². The van der Waals surface area contributed by atoms with Gasteiger partial charge in [-0.25, -0.2) is 0 Å². The second kappa shape index (κ2) is 7.37. The highest BCUT2D eigenvalue weighted by Gasteiger charge is 2.29. The Morgan fingerprint density at radius 1 is 1.18 bits per heavy atom. The molecular formula is C15H18F3NO2S. The topological polar surface area (TPSA) is 49.3 Å². The molecule has 0 aliphatic heterocycles. The standard InChI is InChI=1S/C15H18F3NO2S/c16-15(17,18)22-13-7-1-10(2-8-13)9-19-12-5-3-11(4-6-12)14(20)21/h1-2,7-8,11-12,19H,3-6,9H2,(H,20,21). The van der Waals surface area contributed by atoms with Crippen molar-refractivity contribution in [1.29, 1.82) is 0 Å². The smallest absolute Gasteiger partial charge is 0.446 e. The summed E-state index contributed by atoms with van der Waals surface area (Å²) in [7, 11) is 0. The van der Waals surface area contributed by atoms with E-state index in [9.17, 15) is 18.0 Å². The molecule has 0 heterocycles. The molecule has 7 heteroatoms. The molecule has 0 aromatic heterocycles. The van der Waals surface area contributed by atoms with E-state index < -0.39 is 11.5 Å². The van der Waals surface area contributed by atoms with Gasteiger partial charge in [-0.1, -0.05) is 12.1 Å². The Kier molecular flexibility index (Phi) is 5.74. The number of carbonyl (C=O) groups is 1. The lowest BCUT2D eigenvalue weighted by Crippen LogP contribution is -2.34. The third-order valence-corrected chi connectivity index (χ3v) is 4.57. The first-order valence-electron chi connectivity index (χ1n) is 7.14. The zero-order chi connectivity index (χ0) is 16.2. The van der Waals surface area contributed by atoms with E-state index in [-0.39, 0.29) is 28.6 Å². The highest BCUT2D eigenvalue weighted by atomic mass is 32.2. The lowest BCUT2D eigenvalue weighted by molar-refractivity contribution is -0.142. The Morgan fingerprint density at radius 2 is 1.77 bits per heavy atom. The molecule has 1 aliphatic carbocycles. The first-order chi connectivity index (χ1) is 10.3. The zero-order valence-corrected chi connectivity index (χ0v) is 12.7. The third-order valence-electron chi connectivity index (χ3n) is 3.83. The van der Waals surface area contributed by atoms with Crippen molar-refractivity contribution in [3.63, 3.8) is 0 Å². The minimum Gasteiger partial charge on any atom is -0.481 e.